The maximum Gasteiger partial charge on any atom is 0.407 e. The fourth-order valence-corrected chi connectivity index (χ4v) is 2.49. The van der Waals surface area contributed by atoms with Gasteiger partial charge in [-0.25, -0.2) is 4.79 Å². The summed E-state index contributed by atoms with van der Waals surface area (Å²) in [6.45, 7) is 2.32. The molecule has 23 heavy (non-hydrogen) atoms. The Kier molecular flexibility index (Phi) is 5.26. The summed E-state index contributed by atoms with van der Waals surface area (Å²) in [5, 5.41) is 2.75. The minimum Gasteiger partial charge on any atom is -0.464 e. The fourth-order valence-electron chi connectivity index (χ4n) is 2.49. The molecule has 1 fully saturated rings. The summed E-state index contributed by atoms with van der Waals surface area (Å²) >= 11 is 0. The highest BCUT2D eigenvalue weighted by Crippen LogP contribution is 2.19. The van der Waals surface area contributed by atoms with Gasteiger partial charge in [0.05, 0.1) is 12.9 Å². The molecule has 0 unspecified atom stereocenters. The third-order valence-electron chi connectivity index (χ3n) is 3.83. The molecule has 0 spiro atoms. The average molecular weight is 316 g/mol. The van der Waals surface area contributed by atoms with Gasteiger partial charge in [0.1, 0.15) is 5.76 Å². The summed E-state index contributed by atoms with van der Waals surface area (Å²) in [5.74, 6) is 1.15. The molecule has 3 rings (SSSR count). The van der Waals surface area contributed by atoms with Gasteiger partial charge in [-0.1, -0.05) is 0 Å². The molecule has 1 N–H and O–H groups in total. The normalized spacial score (nSPS) is 15.3. The molecule has 0 saturated carbocycles. The number of carbonyl (C=O) groups is 1. The lowest BCUT2D eigenvalue weighted by atomic mass is 10.0. The standard InChI is InChI=1S/C17H20N2O4/c20-17(23-12-13-3-6-21-7-4-13)19-10-14-8-15(11-18-9-14)16-2-1-5-22-16/h1-2,5,8-9,11,13H,3-4,6-7,10,12H2,(H,19,20). The van der Waals surface area contributed by atoms with Crippen molar-refractivity contribution in [2.24, 2.45) is 5.92 Å². The van der Waals surface area contributed by atoms with Crippen LogP contribution in [0.2, 0.25) is 0 Å². The molecule has 0 atom stereocenters. The zero-order chi connectivity index (χ0) is 15.9. The van der Waals surface area contributed by atoms with E-state index in [0.29, 0.717) is 19.1 Å². The number of nitrogens with zero attached hydrogens (tertiary/aromatic N) is 1. The lowest BCUT2D eigenvalue weighted by molar-refractivity contribution is 0.0379. The average Bonchev–Trinajstić information content (AvgIpc) is 3.14. The molecule has 1 aliphatic heterocycles. The molecule has 6 heteroatoms. The molecular weight excluding hydrogens is 296 g/mol. The van der Waals surface area contributed by atoms with E-state index in [1.54, 1.807) is 18.7 Å². The van der Waals surface area contributed by atoms with Crippen LogP contribution in [-0.4, -0.2) is 30.9 Å². The van der Waals surface area contributed by atoms with Gasteiger partial charge in [0.2, 0.25) is 0 Å². The zero-order valence-corrected chi connectivity index (χ0v) is 12.9. The van der Waals surface area contributed by atoms with Crippen molar-refractivity contribution in [3.05, 3.63) is 42.4 Å². The second kappa shape index (κ2) is 7.78. The van der Waals surface area contributed by atoms with Gasteiger partial charge < -0.3 is 19.2 Å². The van der Waals surface area contributed by atoms with Crippen LogP contribution in [0.5, 0.6) is 0 Å². The van der Waals surface area contributed by atoms with Gasteiger partial charge in [-0.05, 0) is 42.5 Å². The Bertz CT molecular complexity index is 621. The summed E-state index contributed by atoms with van der Waals surface area (Å²) in [4.78, 5) is 15.9. The van der Waals surface area contributed by atoms with Gasteiger partial charge in [0.25, 0.3) is 0 Å². The fraction of sp³-hybridized carbons (Fsp3) is 0.412. The number of aromatic nitrogens is 1. The largest absolute Gasteiger partial charge is 0.464 e. The van der Waals surface area contributed by atoms with Crippen LogP contribution in [-0.2, 0) is 16.0 Å². The van der Waals surface area contributed by atoms with Crippen LogP contribution in [0.1, 0.15) is 18.4 Å². The summed E-state index contributed by atoms with van der Waals surface area (Å²) in [6, 6.07) is 5.63. The minimum absolute atomic E-state index is 0.369. The van der Waals surface area contributed by atoms with Crippen molar-refractivity contribution in [2.75, 3.05) is 19.8 Å². The van der Waals surface area contributed by atoms with Crippen LogP contribution in [0.25, 0.3) is 11.3 Å². The Hall–Kier alpha value is -2.34. The van der Waals surface area contributed by atoms with Crippen molar-refractivity contribution in [3.8, 4) is 11.3 Å². The number of ether oxygens (including phenoxy) is 2. The predicted octanol–water partition coefficient (Wildman–Crippen LogP) is 2.99. The topological polar surface area (TPSA) is 73.6 Å². The Labute approximate surface area is 134 Å². The molecule has 2 aromatic rings. The molecule has 0 bridgehead atoms. The van der Waals surface area contributed by atoms with Gasteiger partial charge in [0.15, 0.2) is 0 Å². The van der Waals surface area contributed by atoms with Crippen LogP contribution in [0.3, 0.4) is 0 Å². The minimum atomic E-state index is -0.403. The number of pyridine rings is 1. The highest BCUT2D eigenvalue weighted by atomic mass is 16.5. The van der Waals surface area contributed by atoms with Gasteiger partial charge in [-0.2, -0.15) is 0 Å². The second-order valence-electron chi connectivity index (χ2n) is 5.57. The molecule has 0 aliphatic carbocycles. The summed E-state index contributed by atoms with van der Waals surface area (Å²) in [6.07, 6.45) is 6.55. The van der Waals surface area contributed by atoms with Crippen molar-refractivity contribution in [3.63, 3.8) is 0 Å². The predicted molar refractivity (Wildman–Crippen MR) is 83.7 cm³/mol. The van der Waals surface area contributed by atoms with Crippen LogP contribution in [0.15, 0.2) is 41.3 Å². The van der Waals surface area contributed by atoms with E-state index in [1.165, 1.54) is 0 Å². The maximum atomic E-state index is 11.8. The molecule has 6 nitrogen and oxygen atoms in total. The Morgan fingerprint density at radius 3 is 3.00 bits per heavy atom. The summed E-state index contributed by atoms with van der Waals surface area (Å²) in [7, 11) is 0. The van der Waals surface area contributed by atoms with E-state index in [2.05, 4.69) is 10.3 Å². The Morgan fingerprint density at radius 1 is 1.35 bits per heavy atom. The molecule has 3 heterocycles. The number of amides is 1. The number of hydrogen-bond acceptors (Lipinski definition) is 5. The zero-order valence-electron chi connectivity index (χ0n) is 12.9. The van der Waals surface area contributed by atoms with E-state index in [4.69, 9.17) is 13.9 Å². The third-order valence-corrected chi connectivity index (χ3v) is 3.83. The van der Waals surface area contributed by atoms with E-state index in [-0.39, 0.29) is 0 Å². The molecular formula is C17H20N2O4. The van der Waals surface area contributed by atoms with Crippen molar-refractivity contribution in [1.29, 1.82) is 0 Å². The van der Waals surface area contributed by atoms with Crippen molar-refractivity contribution < 1.29 is 18.7 Å². The van der Waals surface area contributed by atoms with Gasteiger partial charge in [0, 0.05) is 37.7 Å². The number of carbonyl (C=O) groups excluding carboxylic acids is 1. The Balaban J connectivity index is 1.46. The van der Waals surface area contributed by atoms with Crippen LogP contribution in [0.4, 0.5) is 4.79 Å². The van der Waals surface area contributed by atoms with Crippen LogP contribution in [0, 0.1) is 5.92 Å². The van der Waals surface area contributed by atoms with E-state index in [9.17, 15) is 4.79 Å². The highest BCUT2D eigenvalue weighted by Gasteiger charge is 2.15. The first-order valence-corrected chi connectivity index (χ1v) is 7.77. The van der Waals surface area contributed by atoms with E-state index in [0.717, 1.165) is 42.9 Å². The maximum absolute atomic E-state index is 11.8. The summed E-state index contributed by atoms with van der Waals surface area (Å²) in [5.41, 5.74) is 1.77. The molecule has 1 amide bonds. The first-order valence-electron chi connectivity index (χ1n) is 7.77. The van der Waals surface area contributed by atoms with E-state index >= 15 is 0 Å². The van der Waals surface area contributed by atoms with Crippen molar-refractivity contribution in [2.45, 2.75) is 19.4 Å². The van der Waals surface area contributed by atoms with Crippen LogP contribution < -0.4 is 5.32 Å². The monoisotopic (exact) mass is 316 g/mol. The van der Waals surface area contributed by atoms with E-state index < -0.39 is 6.09 Å². The van der Waals surface area contributed by atoms with E-state index in [1.807, 2.05) is 18.2 Å². The SMILES string of the molecule is O=C(NCc1cncc(-c2ccco2)c1)OCC1CCOCC1. The first-order chi connectivity index (χ1) is 11.3. The molecule has 0 radical (unpaired) electrons. The van der Waals surface area contributed by atoms with Crippen LogP contribution >= 0.6 is 0 Å². The lowest BCUT2D eigenvalue weighted by Crippen LogP contribution is -2.28. The molecule has 2 aromatic heterocycles. The molecule has 1 aliphatic rings. The number of alkyl carbamates (subject to hydrolysis) is 1. The molecule has 0 aromatic carbocycles. The quantitative estimate of drug-likeness (QED) is 0.918. The van der Waals surface area contributed by atoms with Gasteiger partial charge in [-0.3, -0.25) is 4.98 Å². The number of hydrogen-bond donors (Lipinski definition) is 1. The summed E-state index contributed by atoms with van der Waals surface area (Å²) < 4.78 is 15.9. The van der Waals surface area contributed by atoms with Crippen molar-refractivity contribution in [1.82, 2.24) is 10.3 Å². The number of rotatable bonds is 5. The lowest BCUT2D eigenvalue weighted by Gasteiger charge is -2.21. The number of furan rings is 1. The first kappa shape index (κ1) is 15.6. The highest BCUT2D eigenvalue weighted by molar-refractivity contribution is 5.67. The molecule has 1 saturated heterocycles. The van der Waals surface area contributed by atoms with Gasteiger partial charge >= 0.3 is 6.09 Å². The third kappa shape index (κ3) is 4.56. The smallest absolute Gasteiger partial charge is 0.407 e. The van der Waals surface area contributed by atoms with Crippen molar-refractivity contribution >= 4 is 6.09 Å². The Morgan fingerprint density at radius 2 is 2.22 bits per heavy atom. The number of nitrogens with one attached hydrogen (secondary N) is 1. The molecule has 122 valence electrons. The second-order valence-corrected chi connectivity index (χ2v) is 5.57. The van der Waals surface area contributed by atoms with Gasteiger partial charge in [-0.15, -0.1) is 0 Å².